The first-order valence-corrected chi connectivity index (χ1v) is 6.66. The number of rotatable bonds is 7. The van der Waals surface area contributed by atoms with Crippen LogP contribution in [0.2, 0.25) is 5.02 Å². The van der Waals surface area contributed by atoms with Gasteiger partial charge in [-0.1, -0.05) is 17.7 Å². The van der Waals surface area contributed by atoms with Crippen molar-refractivity contribution in [2.24, 2.45) is 0 Å². The molecule has 0 aromatic heterocycles. The van der Waals surface area contributed by atoms with Crippen LogP contribution in [0.4, 0.5) is 5.69 Å². The number of halogens is 1. The van der Waals surface area contributed by atoms with Gasteiger partial charge in [-0.3, -0.25) is 14.9 Å². The summed E-state index contributed by atoms with van der Waals surface area (Å²) >= 11 is 5.90. The van der Waals surface area contributed by atoms with Crippen LogP contribution < -0.4 is 0 Å². The Kier molecular flexibility index (Phi) is 6.41. The summed E-state index contributed by atoms with van der Waals surface area (Å²) in [4.78, 5) is 23.8. The maximum absolute atomic E-state index is 12.2. The summed E-state index contributed by atoms with van der Waals surface area (Å²) in [6.07, 6.45) is 2.27. The number of nitrogens with zero attached hydrogens (tertiary/aromatic N) is 2. The molecule has 0 spiro atoms. The molecular formula is C13H17ClN2O4. The second-order valence-electron chi connectivity index (χ2n) is 4.41. The minimum absolute atomic E-state index is 0.130. The Hall–Kier alpha value is -1.66. The van der Waals surface area contributed by atoms with Crippen LogP contribution in [0.25, 0.3) is 0 Å². The number of carbonyl (C=O) groups is 1. The quantitative estimate of drug-likeness (QED) is 0.476. The second-order valence-corrected chi connectivity index (χ2v) is 4.78. The van der Waals surface area contributed by atoms with E-state index >= 15 is 0 Å². The molecule has 0 heterocycles. The van der Waals surface area contributed by atoms with Crippen molar-refractivity contribution >= 4 is 23.2 Å². The molecule has 1 rings (SSSR count). The molecule has 7 heteroatoms. The van der Waals surface area contributed by atoms with Gasteiger partial charge in [-0.05, 0) is 25.3 Å². The first kappa shape index (κ1) is 16.4. The SMILES string of the molecule is CN(CCCCCO)C(=O)c1cccc([N+](=O)[O-])c1Cl. The lowest BCUT2D eigenvalue weighted by molar-refractivity contribution is -0.384. The Labute approximate surface area is 122 Å². The fourth-order valence-corrected chi connectivity index (χ4v) is 2.05. The lowest BCUT2D eigenvalue weighted by Gasteiger charge is -2.17. The van der Waals surface area contributed by atoms with E-state index < -0.39 is 4.92 Å². The Bertz CT molecular complexity index is 493. The van der Waals surface area contributed by atoms with Gasteiger partial charge in [0.1, 0.15) is 5.02 Å². The number of hydrogen-bond acceptors (Lipinski definition) is 4. The molecule has 110 valence electrons. The topological polar surface area (TPSA) is 83.7 Å². The van der Waals surface area contributed by atoms with Gasteiger partial charge in [-0.25, -0.2) is 0 Å². The summed E-state index contributed by atoms with van der Waals surface area (Å²) in [7, 11) is 1.62. The van der Waals surface area contributed by atoms with Crippen molar-refractivity contribution in [1.82, 2.24) is 4.90 Å². The zero-order valence-electron chi connectivity index (χ0n) is 11.2. The van der Waals surface area contributed by atoms with Gasteiger partial charge in [0, 0.05) is 26.3 Å². The Morgan fingerprint density at radius 2 is 2.10 bits per heavy atom. The van der Waals surface area contributed by atoms with Crippen molar-refractivity contribution in [3.8, 4) is 0 Å². The van der Waals surface area contributed by atoms with E-state index in [1.165, 1.54) is 23.1 Å². The van der Waals surface area contributed by atoms with Crippen LogP contribution in [0.1, 0.15) is 29.6 Å². The average Bonchev–Trinajstić information content (AvgIpc) is 2.42. The van der Waals surface area contributed by atoms with Gasteiger partial charge in [-0.15, -0.1) is 0 Å². The fourth-order valence-electron chi connectivity index (χ4n) is 1.77. The van der Waals surface area contributed by atoms with Gasteiger partial charge in [0.25, 0.3) is 11.6 Å². The van der Waals surface area contributed by atoms with Crippen molar-refractivity contribution in [1.29, 1.82) is 0 Å². The monoisotopic (exact) mass is 300 g/mol. The third kappa shape index (κ3) is 4.18. The standard InChI is InChI=1S/C13H17ClN2O4/c1-15(8-3-2-4-9-17)13(18)10-6-5-7-11(12(10)14)16(19)20/h5-7,17H,2-4,8-9H2,1H3. The smallest absolute Gasteiger partial charge is 0.288 e. The number of nitro groups is 1. The van der Waals surface area contributed by atoms with Crippen molar-refractivity contribution < 1.29 is 14.8 Å². The Balaban J connectivity index is 2.76. The number of aliphatic hydroxyl groups excluding tert-OH is 1. The van der Waals surface area contributed by atoms with E-state index in [2.05, 4.69) is 0 Å². The third-order valence-electron chi connectivity index (χ3n) is 2.90. The molecule has 1 N–H and O–H groups in total. The van der Waals surface area contributed by atoms with E-state index in [0.29, 0.717) is 13.0 Å². The van der Waals surface area contributed by atoms with Crippen LogP contribution in [0.5, 0.6) is 0 Å². The molecule has 0 aliphatic heterocycles. The molecule has 1 amide bonds. The van der Waals surface area contributed by atoms with Gasteiger partial charge >= 0.3 is 0 Å². The van der Waals surface area contributed by atoms with Crippen LogP contribution in [-0.2, 0) is 0 Å². The largest absolute Gasteiger partial charge is 0.396 e. The van der Waals surface area contributed by atoms with Gasteiger partial charge < -0.3 is 10.0 Å². The average molecular weight is 301 g/mol. The minimum atomic E-state index is -0.611. The molecule has 0 saturated heterocycles. The highest BCUT2D eigenvalue weighted by Crippen LogP contribution is 2.28. The molecule has 0 atom stereocenters. The fraction of sp³-hybridized carbons (Fsp3) is 0.462. The van der Waals surface area contributed by atoms with E-state index in [1.807, 2.05) is 0 Å². The van der Waals surface area contributed by atoms with Crippen LogP contribution in [-0.4, -0.2) is 41.0 Å². The number of nitro benzene ring substituents is 1. The van der Waals surface area contributed by atoms with Gasteiger partial charge in [-0.2, -0.15) is 0 Å². The van der Waals surface area contributed by atoms with E-state index in [-0.39, 0.29) is 28.8 Å². The Morgan fingerprint density at radius 3 is 2.70 bits per heavy atom. The predicted octanol–water partition coefficient (Wildman–Crippen LogP) is 2.48. The molecule has 0 unspecified atom stereocenters. The first-order valence-electron chi connectivity index (χ1n) is 6.28. The summed E-state index contributed by atoms with van der Waals surface area (Å²) in [5.74, 6) is -0.345. The molecule has 0 saturated carbocycles. The van der Waals surface area contributed by atoms with Gasteiger partial charge in [0.05, 0.1) is 10.5 Å². The number of carbonyl (C=O) groups excluding carboxylic acids is 1. The molecule has 1 aromatic rings. The normalized spacial score (nSPS) is 10.3. The second kappa shape index (κ2) is 7.81. The molecule has 0 fully saturated rings. The number of hydrogen-bond donors (Lipinski definition) is 1. The third-order valence-corrected chi connectivity index (χ3v) is 3.30. The van der Waals surface area contributed by atoms with Crippen LogP contribution in [0.3, 0.4) is 0 Å². The van der Waals surface area contributed by atoms with E-state index in [4.69, 9.17) is 16.7 Å². The lowest BCUT2D eigenvalue weighted by Crippen LogP contribution is -2.28. The van der Waals surface area contributed by atoms with Crippen LogP contribution in [0, 0.1) is 10.1 Å². The van der Waals surface area contributed by atoms with Crippen molar-refractivity contribution in [2.75, 3.05) is 20.2 Å². The molecular weight excluding hydrogens is 284 g/mol. The van der Waals surface area contributed by atoms with Crippen LogP contribution in [0.15, 0.2) is 18.2 Å². The molecule has 0 radical (unpaired) electrons. The van der Waals surface area contributed by atoms with E-state index in [9.17, 15) is 14.9 Å². The highest BCUT2D eigenvalue weighted by atomic mass is 35.5. The van der Waals surface area contributed by atoms with Crippen molar-refractivity contribution in [2.45, 2.75) is 19.3 Å². The lowest BCUT2D eigenvalue weighted by atomic mass is 10.1. The Morgan fingerprint density at radius 1 is 1.40 bits per heavy atom. The maximum Gasteiger partial charge on any atom is 0.288 e. The molecule has 0 aliphatic carbocycles. The van der Waals surface area contributed by atoms with Crippen molar-refractivity contribution in [3.05, 3.63) is 38.9 Å². The van der Waals surface area contributed by atoms with Gasteiger partial charge in [0.15, 0.2) is 0 Å². The number of aliphatic hydroxyl groups is 1. The van der Waals surface area contributed by atoms with E-state index in [0.717, 1.165) is 12.8 Å². The highest BCUT2D eigenvalue weighted by molar-refractivity contribution is 6.35. The zero-order chi connectivity index (χ0) is 15.1. The minimum Gasteiger partial charge on any atom is -0.396 e. The summed E-state index contributed by atoms with van der Waals surface area (Å²) in [5, 5.41) is 19.3. The summed E-state index contributed by atoms with van der Waals surface area (Å²) in [6, 6.07) is 4.18. The number of amides is 1. The van der Waals surface area contributed by atoms with Crippen molar-refractivity contribution in [3.63, 3.8) is 0 Å². The highest BCUT2D eigenvalue weighted by Gasteiger charge is 2.21. The summed E-state index contributed by atoms with van der Waals surface area (Å²) in [6.45, 7) is 0.645. The molecule has 20 heavy (non-hydrogen) atoms. The summed E-state index contributed by atoms with van der Waals surface area (Å²) < 4.78 is 0. The molecule has 1 aromatic carbocycles. The van der Waals surface area contributed by atoms with E-state index in [1.54, 1.807) is 7.05 Å². The molecule has 0 bridgehead atoms. The molecule has 0 aliphatic rings. The summed E-state index contributed by atoms with van der Waals surface area (Å²) in [5.41, 5.74) is -0.142. The molecule has 6 nitrogen and oxygen atoms in total. The van der Waals surface area contributed by atoms with Crippen LogP contribution >= 0.6 is 11.6 Å². The first-order chi connectivity index (χ1) is 9.49. The predicted molar refractivity (Wildman–Crippen MR) is 76.0 cm³/mol. The van der Waals surface area contributed by atoms with Gasteiger partial charge in [0.2, 0.25) is 0 Å². The maximum atomic E-state index is 12.2. The number of benzene rings is 1. The zero-order valence-corrected chi connectivity index (χ0v) is 12.0. The number of unbranched alkanes of at least 4 members (excludes halogenated alkanes) is 2.